The normalized spacial score (nSPS) is 13.9. The van der Waals surface area contributed by atoms with Gasteiger partial charge in [0.25, 0.3) is 0 Å². The second-order valence-corrected chi connectivity index (χ2v) is 5.33. The first-order valence-corrected chi connectivity index (χ1v) is 7.04. The topological polar surface area (TPSA) is 80.9 Å². The molecule has 2 unspecified atom stereocenters. The molecule has 0 saturated heterocycles. The van der Waals surface area contributed by atoms with E-state index in [-0.39, 0.29) is 6.04 Å². The first-order chi connectivity index (χ1) is 10.0. The van der Waals surface area contributed by atoms with E-state index in [9.17, 15) is 4.79 Å². The van der Waals surface area contributed by atoms with Crippen LogP contribution >= 0.6 is 0 Å². The Bertz CT molecular complexity index is 624. The summed E-state index contributed by atoms with van der Waals surface area (Å²) in [6.07, 6.45) is 1.52. The van der Waals surface area contributed by atoms with Crippen LogP contribution in [0.4, 0.5) is 0 Å². The minimum Gasteiger partial charge on any atom is -0.481 e. The number of carboxylic acids is 1. The highest BCUT2D eigenvalue weighted by Gasteiger charge is 2.24. The Labute approximate surface area is 123 Å². The molecule has 0 aliphatic rings. The summed E-state index contributed by atoms with van der Waals surface area (Å²) >= 11 is 0. The van der Waals surface area contributed by atoms with Gasteiger partial charge in [0, 0.05) is 6.42 Å². The smallest absolute Gasteiger partial charge is 0.308 e. The number of nitrogens with zero attached hydrogens (tertiary/aromatic N) is 4. The molecule has 0 radical (unpaired) electrons. The van der Waals surface area contributed by atoms with Gasteiger partial charge in [0.1, 0.15) is 0 Å². The minimum absolute atomic E-state index is 0.274. The zero-order valence-electron chi connectivity index (χ0n) is 12.5. The average Bonchev–Trinajstić information content (AvgIpc) is 2.93. The van der Waals surface area contributed by atoms with E-state index < -0.39 is 11.9 Å². The molecule has 1 heterocycles. The molecule has 0 fully saturated rings. The molecule has 6 nitrogen and oxygen atoms in total. The van der Waals surface area contributed by atoms with E-state index in [0.29, 0.717) is 6.42 Å². The molecule has 112 valence electrons. The van der Waals surface area contributed by atoms with Crippen LogP contribution in [0.5, 0.6) is 0 Å². The van der Waals surface area contributed by atoms with Gasteiger partial charge in [-0.1, -0.05) is 24.3 Å². The monoisotopic (exact) mass is 288 g/mol. The third kappa shape index (κ3) is 3.45. The molecule has 0 saturated carbocycles. The number of rotatable bonds is 6. The van der Waals surface area contributed by atoms with Crippen molar-refractivity contribution in [2.24, 2.45) is 5.92 Å². The molecule has 0 aliphatic carbocycles. The van der Waals surface area contributed by atoms with Gasteiger partial charge in [0.05, 0.1) is 12.0 Å². The Morgan fingerprint density at radius 3 is 2.67 bits per heavy atom. The van der Waals surface area contributed by atoms with Crippen LogP contribution in [-0.2, 0) is 17.6 Å². The quantitative estimate of drug-likeness (QED) is 0.879. The van der Waals surface area contributed by atoms with Crippen molar-refractivity contribution in [1.29, 1.82) is 0 Å². The maximum absolute atomic E-state index is 11.1. The summed E-state index contributed by atoms with van der Waals surface area (Å²) in [6, 6.07) is 7.92. The van der Waals surface area contributed by atoms with Crippen molar-refractivity contribution in [2.75, 3.05) is 0 Å². The second-order valence-electron chi connectivity index (χ2n) is 5.33. The number of tetrazole rings is 1. The van der Waals surface area contributed by atoms with Crippen molar-refractivity contribution in [1.82, 2.24) is 20.2 Å². The second kappa shape index (κ2) is 6.47. The van der Waals surface area contributed by atoms with E-state index in [0.717, 1.165) is 12.2 Å². The fraction of sp³-hybridized carbons (Fsp3) is 0.467. The predicted molar refractivity (Wildman–Crippen MR) is 77.9 cm³/mol. The molecular weight excluding hydrogens is 268 g/mol. The summed E-state index contributed by atoms with van der Waals surface area (Å²) in [4.78, 5) is 11.1. The lowest BCUT2D eigenvalue weighted by Gasteiger charge is -2.17. The summed E-state index contributed by atoms with van der Waals surface area (Å²) in [5.41, 5.74) is 2.49. The van der Waals surface area contributed by atoms with E-state index in [1.54, 1.807) is 11.6 Å². The van der Waals surface area contributed by atoms with Gasteiger partial charge in [-0.05, 0) is 48.7 Å². The summed E-state index contributed by atoms with van der Waals surface area (Å²) in [5.74, 6) is -0.660. The van der Waals surface area contributed by atoms with Crippen molar-refractivity contribution in [3.8, 4) is 0 Å². The van der Waals surface area contributed by atoms with E-state index in [4.69, 9.17) is 5.11 Å². The maximum Gasteiger partial charge on any atom is 0.308 e. The third-order valence-corrected chi connectivity index (χ3v) is 3.94. The first kappa shape index (κ1) is 15.2. The van der Waals surface area contributed by atoms with Crippen LogP contribution in [0.2, 0.25) is 0 Å². The average molecular weight is 288 g/mol. The van der Waals surface area contributed by atoms with Crippen molar-refractivity contribution in [2.45, 2.75) is 39.7 Å². The zero-order valence-corrected chi connectivity index (χ0v) is 12.5. The van der Waals surface area contributed by atoms with Crippen molar-refractivity contribution in [3.63, 3.8) is 0 Å². The predicted octanol–water partition coefficient (Wildman–Crippen LogP) is 2.05. The molecule has 21 heavy (non-hydrogen) atoms. The largest absolute Gasteiger partial charge is 0.481 e. The van der Waals surface area contributed by atoms with Gasteiger partial charge in [0.15, 0.2) is 5.82 Å². The highest BCUT2D eigenvalue weighted by atomic mass is 16.4. The standard InChI is InChI=1S/C15H20N4O2/c1-10-6-4-5-7-13(10)8-9-14-16-17-18-19(14)12(3)11(2)15(20)21/h4-7,11-12H,8-9H2,1-3H3,(H,20,21). The minimum atomic E-state index is -0.845. The highest BCUT2D eigenvalue weighted by molar-refractivity contribution is 5.70. The highest BCUT2D eigenvalue weighted by Crippen LogP contribution is 2.18. The number of carbonyl (C=O) groups is 1. The number of aryl methyl sites for hydroxylation is 3. The molecule has 0 amide bonds. The molecule has 2 rings (SSSR count). The lowest BCUT2D eigenvalue weighted by atomic mass is 10.0. The van der Waals surface area contributed by atoms with Gasteiger partial charge in [0.2, 0.25) is 0 Å². The van der Waals surface area contributed by atoms with Crippen LogP contribution in [0.1, 0.15) is 36.8 Å². The van der Waals surface area contributed by atoms with Crippen molar-refractivity contribution >= 4 is 5.97 Å². The first-order valence-electron chi connectivity index (χ1n) is 7.04. The lowest BCUT2D eigenvalue weighted by molar-refractivity contribution is -0.142. The lowest BCUT2D eigenvalue weighted by Crippen LogP contribution is -2.24. The van der Waals surface area contributed by atoms with Crippen LogP contribution < -0.4 is 0 Å². The number of aliphatic carboxylic acids is 1. The van der Waals surface area contributed by atoms with E-state index in [1.807, 2.05) is 19.1 Å². The molecule has 0 spiro atoms. The van der Waals surface area contributed by atoms with Gasteiger partial charge < -0.3 is 5.11 Å². The van der Waals surface area contributed by atoms with Crippen LogP contribution in [0.15, 0.2) is 24.3 Å². The van der Waals surface area contributed by atoms with Crippen LogP contribution in [-0.4, -0.2) is 31.3 Å². The van der Waals surface area contributed by atoms with Gasteiger partial charge in [-0.25, -0.2) is 4.68 Å². The molecule has 1 aromatic carbocycles. The molecule has 0 bridgehead atoms. The fourth-order valence-electron chi connectivity index (χ4n) is 2.25. The van der Waals surface area contributed by atoms with Gasteiger partial charge in [-0.3, -0.25) is 4.79 Å². The Balaban J connectivity index is 2.11. The Kier molecular flexibility index (Phi) is 4.67. The van der Waals surface area contributed by atoms with Gasteiger partial charge >= 0.3 is 5.97 Å². The third-order valence-electron chi connectivity index (χ3n) is 3.94. The number of hydrogen-bond donors (Lipinski definition) is 1. The number of carboxylic acid groups (broad SMARTS) is 1. The molecule has 2 aromatic rings. The Morgan fingerprint density at radius 2 is 2.00 bits per heavy atom. The number of benzene rings is 1. The summed E-state index contributed by atoms with van der Waals surface area (Å²) < 4.78 is 1.62. The summed E-state index contributed by atoms with van der Waals surface area (Å²) in [6.45, 7) is 5.57. The zero-order chi connectivity index (χ0) is 15.4. The molecular formula is C15H20N4O2. The molecule has 2 atom stereocenters. The SMILES string of the molecule is Cc1ccccc1CCc1nnnn1C(C)C(C)C(=O)O. The Morgan fingerprint density at radius 1 is 1.29 bits per heavy atom. The maximum atomic E-state index is 11.1. The molecule has 1 N–H and O–H groups in total. The van der Waals surface area contributed by atoms with E-state index in [2.05, 4.69) is 34.6 Å². The van der Waals surface area contributed by atoms with Gasteiger partial charge in [-0.2, -0.15) is 0 Å². The van der Waals surface area contributed by atoms with Crippen molar-refractivity contribution in [3.05, 3.63) is 41.2 Å². The molecule has 6 heteroatoms. The van der Waals surface area contributed by atoms with Gasteiger partial charge in [-0.15, -0.1) is 5.10 Å². The molecule has 0 aliphatic heterocycles. The van der Waals surface area contributed by atoms with Crippen LogP contribution in [0.25, 0.3) is 0 Å². The molecule has 1 aromatic heterocycles. The van der Waals surface area contributed by atoms with E-state index in [1.165, 1.54) is 11.1 Å². The van der Waals surface area contributed by atoms with Crippen molar-refractivity contribution < 1.29 is 9.90 Å². The van der Waals surface area contributed by atoms with Crippen LogP contribution in [0, 0.1) is 12.8 Å². The number of aromatic nitrogens is 4. The fourth-order valence-corrected chi connectivity index (χ4v) is 2.25. The van der Waals surface area contributed by atoms with Crippen LogP contribution in [0.3, 0.4) is 0 Å². The Hall–Kier alpha value is -2.24. The summed E-state index contributed by atoms with van der Waals surface area (Å²) in [5, 5.41) is 20.8. The number of hydrogen-bond acceptors (Lipinski definition) is 4. The van der Waals surface area contributed by atoms with E-state index >= 15 is 0 Å². The summed E-state index contributed by atoms with van der Waals surface area (Å²) in [7, 11) is 0.